The fourth-order valence-electron chi connectivity index (χ4n) is 2.27. The topological polar surface area (TPSA) is 26.0 Å². The fourth-order valence-corrected chi connectivity index (χ4v) is 2.27. The van der Waals surface area contributed by atoms with Crippen LogP contribution in [-0.2, 0) is 6.18 Å². The van der Waals surface area contributed by atoms with E-state index in [-0.39, 0.29) is 0 Å². The molecule has 18 heavy (non-hydrogen) atoms. The standard InChI is InChI=1S/C14H16F3N/c15-14(16,17)12-8-4-7-11(9-12)13(18)10-5-2-1-3-6-10/h4-5,7-9,13H,1-3,6,18H2. The van der Waals surface area contributed by atoms with Crippen molar-refractivity contribution in [3.8, 4) is 0 Å². The molecule has 1 nitrogen and oxygen atoms in total. The summed E-state index contributed by atoms with van der Waals surface area (Å²) < 4.78 is 37.9. The first-order valence-electron chi connectivity index (χ1n) is 6.10. The number of benzene rings is 1. The second-order valence-corrected chi connectivity index (χ2v) is 4.63. The van der Waals surface area contributed by atoms with Gasteiger partial charge >= 0.3 is 6.18 Å². The second kappa shape index (κ2) is 5.14. The summed E-state index contributed by atoms with van der Waals surface area (Å²) in [5, 5.41) is 0. The smallest absolute Gasteiger partial charge is 0.321 e. The molecule has 1 aromatic rings. The Morgan fingerprint density at radius 2 is 1.94 bits per heavy atom. The van der Waals surface area contributed by atoms with Crippen LogP contribution in [0.2, 0.25) is 0 Å². The highest BCUT2D eigenvalue weighted by Gasteiger charge is 2.31. The summed E-state index contributed by atoms with van der Waals surface area (Å²) in [6.45, 7) is 0. The zero-order chi connectivity index (χ0) is 13.2. The molecule has 1 aromatic carbocycles. The van der Waals surface area contributed by atoms with Crippen LogP contribution in [0.15, 0.2) is 35.9 Å². The normalized spacial score (nSPS) is 18.3. The summed E-state index contributed by atoms with van der Waals surface area (Å²) in [6, 6.07) is 4.90. The fraction of sp³-hybridized carbons (Fsp3) is 0.429. The molecule has 0 fully saturated rings. The van der Waals surface area contributed by atoms with Crippen molar-refractivity contribution in [2.45, 2.75) is 37.9 Å². The van der Waals surface area contributed by atoms with Crippen LogP contribution in [0.4, 0.5) is 13.2 Å². The van der Waals surface area contributed by atoms with Gasteiger partial charge in [-0.25, -0.2) is 0 Å². The molecule has 0 saturated heterocycles. The SMILES string of the molecule is NC(C1=CCCCC1)c1cccc(C(F)(F)F)c1. The third-order valence-electron chi connectivity index (χ3n) is 3.30. The molecule has 0 aromatic heterocycles. The van der Waals surface area contributed by atoms with Crippen LogP contribution < -0.4 is 5.73 Å². The molecular formula is C14H16F3N. The lowest BCUT2D eigenvalue weighted by Crippen LogP contribution is -2.16. The zero-order valence-electron chi connectivity index (χ0n) is 10.0. The largest absolute Gasteiger partial charge is 0.416 e. The Hall–Kier alpha value is -1.29. The maximum absolute atomic E-state index is 12.6. The van der Waals surface area contributed by atoms with Crippen LogP contribution in [0.1, 0.15) is 42.9 Å². The molecule has 1 atom stereocenters. The number of hydrogen-bond donors (Lipinski definition) is 1. The Balaban J connectivity index is 2.25. The van der Waals surface area contributed by atoms with Crippen molar-refractivity contribution in [1.82, 2.24) is 0 Å². The first-order valence-corrected chi connectivity index (χ1v) is 6.10. The number of nitrogens with two attached hydrogens (primary N) is 1. The van der Waals surface area contributed by atoms with Crippen molar-refractivity contribution >= 4 is 0 Å². The van der Waals surface area contributed by atoms with Gasteiger partial charge in [0.1, 0.15) is 0 Å². The van der Waals surface area contributed by atoms with Crippen molar-refractivity contribution in [1.29, 1.82) is 0 Å². The molecular weight excluding hydrogens is 239 g/mol. The van der Waals surface area contributed by atoms with Crippen LogP contribution in [0.5, 0.6) is 0 Å². The molecule has 0 aliphatic heterocycles. The third kappa shape index (κ3) is 2.93. The van der Waals surface area contributed by atoms with E-state index in [1.807, 2.05) is 0 Å². The minimum absolute atomic E-state index is 0.410. The highest BCUT2D eigenvalue weighted by atomic mass is 19.4. The van der Waals surface area contributed by atoms with Crippen molar-refractivity contribution in [3.63, 3.8) is 0 Å². The third-order valence-corrected chi connectivity index (χ3v) is 3.30. The van der Waals surface area contributed by atoms with Crippen LogP contribution in [-0.4, -0.2) is 0 Å². The minimum Gasteiger partial charge on any atom is -0.321 e. The number of allylic oxidation sites excluding steroid dienone is 1. The average Bonchev–Trinajstić information content (AvgIpc) is 2.38. The molecule has 1 unspecified atom stereocenters. The van der Waals surface area contributed by atoms with Gasteiger partial charge in [-0.2, -0.15) is 13.2 Å². The molecule has 0 heterocycles. The molecule has 98 valence electrons. The summed E-state index contributed by atoms with van der Waals surface area (Å²) >= 11 is 0. The maximum atomic E-state index is 12.6. The van der Waals surface area contributed by atoms with Gasteiger partial charge in [0.15, 0.2) is 0 Å². The van der Waals surface area contributed by atoms with E-state index in [1.54, 1.807) is 6.07 Å². The van der Waals surface area contributed by atoms with Crippen LogP contribution in [0.25, 0.3) is 0 Å². The van der Waals surface area contributed by atoms with Crippen molar-refractivity contribution in [2.75, 3.05) is 0 Å². The van der Waals surface area contributed by atoms with E-state index in [0.29, 0.717) is 5.56 Å². The molecule has 0 saturated carbocycles. The Kier molecular flexibility index (Phi) is 3.76. The maximum Gasteiger partial charge on any atom is 0.416 e. The lowest BCUT2D eigenvalue weighted by molar-refractivity contribution is -0.137. The van der Waals surface area contributed by atoms with Crippen LogP contribution in [0.3, 0.4) is 0 Å². The number of alkyl halides is 3. The molecule has 4 heteroatoms. The van der Waals surface area contributed by atoms with E-state index in [2.05, 4.69) is 6.08 Å². The van der Waals surface area contributed by atoms with E-state index in [0.717, 1.165) is 43.4 Å². The Labute approximate surface area is 104 Å². The van der Waals surface area contributed by atoms with Crippen LogP contribution >= 0.6 is 0 Å². The highest BCUT2D eigenvalue weighted by molar-refractivity contribution is 5.33. The monoisotopic (exact) mass is 255 g/mol. The molecule has 0 amide bonds. The summed E-state index contributed by atoms with van der Waals surface area (Å²) in [5.74, 6) is 0. The van der Waals surface area contributed by atoms with Gasteiger partial charge in [-0.3, -0.25) is 0 Å². The Morgan fingerprint density at radius 1 is 1.17 bits per heavy atom. The van der Waals surface area contributed by atoms with Gasteiger partial charge in [-0.15, -0.1) is 0 Å². The van der Waals surface area contributed by atoms with Gasteiger partial charge in [-0.1, -0.05) is 23.8 Å². The minimum atomic E-state index is -4.31. The average molecular weight is 255 g/mol. The van der Waals surface area contributed by atoms with Crippen LogP contribution in [0, 0.1) is 0 Å². The van der Waals surface area contributed by atoms with E-state index in [4.69, 9.17) is 5.73 Å². The molecule has 2 rings (SSSR count). The molecule has 0 spiro atoms. The predicted octanol–water partition coefficient (Wildman–Crippen LogP) is 4.21. The summed E-state index contributed by atoms with van der Waals surface area (Å²) in [7, 11) is 0. The molecule has 1 aliphatic rings. The molecule has 0 bridgehead atoms. The highest BCUT2D eigenvalue weighted by Crippen LogP contribution is 2.33. The summed E-state index contributed by atoms with van der Waals surface area (Å²) in [5.41, 5.74) is 7.01. The van der Waals surface area contributed by atoms with Gasteiger partial charge in [0.25, 0.3) is 0 Å². The van der Waals surface area contributed by atoms with Crippen molar-refractivity contribution < 1.29 is 13.2 Å². The van der Waals surface area contributed by atoms with Gasteiger partial charge < -0.3 is 5.73 Å². The number of halogens is 3. The van der Waals surface area contributed by atoms with E-state index < -0.39 is 17.8 Å². The first-order chi connectivity index (χ1) is 8.48. The van der Waals surface area contributed by atoms with Gasteiger partial charge in [0, 0.05) is 0 Å². The quantitative estimate of drug-likeness (QED) is 0.787. The lowest BCUT2D eigenvalue weighted by Gasteiger charge is -2.20. The van der Waals surface area contributed by atoms with E-state index in [1.165, 1.54) is 6.07 Å². The summed E-state index contributed by atoms with van der Waals surface area (Å²) in [6.07, 6.45) is 1.82. The number of rotatable bonds is 2. The zero-order valence-corrected chi connectivity index (χ0v) is 10.0. The molecule has 1 aliphatic carbocycles. The van der Waals surface area contributed by atoms with Gasteiger partial charge in [0.2, 0.25) is 0 Å². The Morgan fingerprint density at radius 3 is 2.56 bits per heavy atom. The number of hydrogen-bond acceptors (Lipinski definition) is 1. The van der Waals surface area contributed by atoms with E-state index >= 15 is 0 Å². The van der Waals surface area contributed by atoms with Crippen molar-refractivity contribution in [2.24, 2.45) is 5.73 Å². The molecule has 0 radical (unpaired) electrons. The summed E-state index contributed by atoms with van der Waals surface area (Å²) in [4.78, 5) is 0. The van der Waals surface area contributed by atoms with Gasteiger partial charge in [0.05, 0.1) is 11.6 Å². The Bertz CT molecular complexity index is 449. The first kappa shape index (κ1) is 13.1. The molecule has 2 N–H and O–H groups in total. The van der Waals surface area contributed by atoms with Crippen molar-refractivity contribution in [3.05, 3.63) is 47.0 Å². The predicted molar refractivity (Wildman–Crippen MR) is 64.9 cm³/mol. The van der Waals surface area contributed by atoms with Gasteiger partial charge in [-0.05, 0) is 43.4 Å². The van der Waals surface area contributed by atoms with E-state index in [9.17, 15) is 13.2 Å². The second-order valence-electron chi connectivity index (χ2n) is 4.63. The lowest BCUT2D eigenvalue weighted by atomic mass is 9.90.